The molecule has 5 nitrogen and oxygen atoms in total. The van der Waals surface area contributed by atoms with Crippen LogP contribution in [0.1, 0.15) is 20.3 Å². The van der Waals surface area contributed by atoms with Crippen molar-refractivity contribution in [1.82, 2.24) is 9.97 Å². The van der Waals surface area contributed by atoms with Gasteiger partial charge in [-0.25, -0.2) is 9.97 Å². The first-order valence-corrected chi connectivity index (χ1v) is 6.15. The van der Waals surface area contributed by atoms with E-state index < -0.39 is 0 Å². The first kappa shape index (κ1) is 15.0. The van der Waals surface area contributed by atoms with Crippen LogP contribution < -0.4 is 10.1 Å². The third-order valence-corrected chi connectivity index (χ3v) is 2.95. The molecule has 0 aliphatic rings. The number of nitrogens with zero attached hydrogens (tertiary/aromatic N) is 2. The summed E-state index contributed by atoms with van der Waals surface area (Å²) in [6.45, 7) is 5.80. The zero-order valence-electron chi connectivity index (χ0n) is 11.3. The fourth-order valence-electron chi connectivity index (χ4n) is 1.45. The van der Waals surface area contributed by atoms with Crippen molar-refractivity contribution in [2.45, 2.75) is 20.3 Å². The lowest BCUT2D eigenvalue weighted by Gasteiger charge is -2.25. The maximum absolute atomic E-state index is 5.93. The second-order valence-electron chi connectivity index (χ2n) is 4.81. The number of hydrogen-bond donors (Lipinski definition) is 1. The van der Waals surface area contributed by atoms with E-state index in [0.29, 0.717) is 16.7 Å². The molecule has 1 rings (SSSR count). The molecule has 0 aromatic carbocycles. The zero-order chi connectivity index (χ0) is 13.6. The summed E-state index contributed by atoms with van der Waals surface area (Å²) in [7, 11) is 3.25. The lowest BCUT2D eigenvalue weighted by molar-refractivity contribution is 0.157. The Bertz CT molecular complexity index is 386. The van der Waals surface area contributed by atoms with Crippen LogP contribution in [0, 0.1) is 5.41 Å². The van der Waals surface area contributed by atoms with Gasteiger partial charge in [0.25, 0.3) is 0 Å². The Labute approximate surface area is 113 Å². The van der Waals surface area contributed by atoms with Crippen LogP contribution in [-0.2, 0) is 4.74 Å². The van der Waals surface area contributed by atoms with Crippen molar-refractivity contribution >= 4 is 17.4 Å². The molecule has 0 saturated heterocycles. The van der Waals surface area contributed by atoms with Crippen LogP contribution in [0.2, 0.25) is 5.15 Å². The highest BCUT2D eigenvalue weighted by Gasteiger charge is 2.19. The van der Waals surface area contributed by atoms with Crippen molar-refractivity contribution in [3.8, 4) is 5.75 Å². The van der Waals surface area contributed by atoms with E-state index >= 15 is 0 Å². The number of aromatic nitrogens is 2. The quantitative estimate of drug-likeness (QED) is 0.774. The highest BCUT2D eigenvalue weighted by atomic mass is 35.5. The number of ether oxygens (including phenoxy) is 2. The van der Waals surface area contributed by atoms with Crippen molar-refractivity contribution in [2.75, 3.05) is 32.7 Å². The van der Waals surface area contributed by atoms with Crippen LogP contribution in [-0.4, -0.2) is 37.3 Å². The fourth-order valence-corrected chi connectivity index (χ4v) is 1.66. The average molecular weight is 274 g/mol. The van der Waals surface area contributed by atoms with E-state index in [1.54, 1.807) is 14.2 Å². The Kier molecular flexibility index (Phi) is 5.62. The summed E-state index contributed by atoms with van der Waals surface area (Å²) in [6, 6.07) is 0. The van der Waals surface area contributed by atoms with Crippen LogP contribution >= 0.6 is 11.6 Å². The fraction of sp³-hybridized carbons (Fsp3) is 0.667. The molecule has 0 aliphatic heterocycles. The number of halogens is 1. The minimum atomic E-state index is 0.0957. The number of anilines is 1. The van der Waals surface area contributed by atoms with Gasteiger partial charge in [0, 0.05) is 20.3 Å². The van der Waals surface area contributed by atoms with Gasteiger partial charge in [-0.3, -0.25) is 0 Å². The summed E-state index contributed by atoms with van der Waals surface area (Å²) in [4.78, 5) is 8.00. The molecule has 0 fully saturated rings. The highest BCUT2D eigenvalue weighted by Crippen LogP contribution is 2.29. The minimum absolute atomic E-state index is 0.0957. The van der Waals surface area contributed by atoms with Crippen LogP contribution in [0.15, 0.2) is 6.33 Å². The van der Waals surface area contributed by atoms with Crippen molar-refractivity contribution in [2.24, 2.45) is 5.41 Å². The minimum Gasteiger partial charge on any atom is -0.490 e. The normalized spacial score (nSPS) is 11.4. The summed E-state index contributed by atoms with van der Waals surface area (Å²) >= 11 is 5.93. The predicted molar refractivity (Wildman–Crippen MR) is 72.4 cm³/mol. The Morgan fingerprint density at radius 2 is 2.06 bits per heavy atom. The molecular formula is C12H20ClN3O2. The molecule has 0 aliphatic carbocycles. The van der Waals surface area contributed by atoms with Crippen LogP contribution in [0.25, 0.3) is 0 Å². The lowest BCUT2D eigenvalue weighted by Crippen LogP contribution is -2.25. The Morgan fingerprint density at radius 3 is 2.67 bits per heavy atom. The summed E-state index contributed by atoms with van der Waals surface area (Å²) in [5.41, 5.74) is 0.0957. The van der Waals surface area contributed by atoms with E-state index in [4.69, 9.17) is 21.1 Å². The molecule has 0 amide bonds. The summed E-state index contributed by atoms with van der Waals surface area (Å²) in [5.74, 6) is 1.09. The van der Waals surface area contributed by atoms with Gasteiger partial charge in [0.15, 0.2) is 16.7 Å². The maximum Gasteiger partial charge on any atom is 0.198 e. The van der Waals surface area contributed by atoms with E-state index in [-0.39, 0.29) is 5.41 Å². The monoisotopic (exact) mass is 273 g/mol. The molecule has 1 aromatic rings. The van der Waals surface area contributed by atoms with Gasteiger partial charge < -0.3 is 14.8 Å². The third kappa shape index (κ3) is 4.31. The predicted octanol–water partition coefficient (Wildman–Crippen LogP) is 2.61. The lowest BCUT2D eigenvalue weighted by atomic mass is 9.90. The molecular weight excluding hydrogens is 254 g/mol. The standard InChI is InChI=1S/C12H20ClN3O2/c1-12(2,5-6-17-3)7-14-11-9(18-4)10(13)15-8-16-11/h8H,5-7H2,1-4H3,(H,14,15,16). The smallest absolute Gasteiger partial charge is 0.198 e. The van der Waals surface area contributed by atoms with Crippen molar-refractivity contribution in [1.29, 1.82) is 0 Å². The first-order valence-electron chi connectivity index (χ1n) is 5.77. The second kappa shape index (κ2) is 6.75. The summed E-state index contributed by atoms with van der Waals surface area (Å²) in [5, 5.41) is 3.55. The van der Waals surface area contributed by atoms with E-state index in [9.17, 15) is 0 Å². The Hall–Kier alpha value is -1.07. The number of methoxy groups -OCH3 is 2. The van der Waals surface area contributed by atoms with Gasteiger partial charge in [0.1, 0.15) is 6.33 Å². The number of rotatable bonds is 7. The largest absolute Gasteiger partial charge is 0.490 e. The molecule has 0 unspecified atom stereocenters. The maximum atomic E-state index is 5.93. The topological polar surface area (TPSA) is 56.3 Å². The molecule has 18 heavy (non-hydrogen) atoms. The van der Waals surface area contributed by atoms with Gasteiger partial charge in [-0.05, 0) is 11.8 Å². The molecule has 1 heterocycles. The van der Waals surface area contributed by atoms with Gasteiger partial charge in [0.05, 0.1) is 7.11 Å². The van der Waals surface area contributed by atoms with E-state index in [1.807, 2.05) is 0 Å². The van der Waals surface area contributed by atoms with Crippen molar-refractivity contribution in [3.63, 3.8) is 0 Å². The Balaban J connectivity index is 2.65. The number of nitrogens with one attached hydrogen (secondary N) is 1. The van der Waals surface area contributed by atoms with Crippen molar-refractivity contribution < 1.29 is 9.47 Å². The summed E-state index contributed by atoms with van der Waals surface area (Å²) < 4.78 is 10.3. The molecule has 0 atom stereocenters. The molecule has 0 bridgehead atoms. The third-order valence-electron chi connectivity index (χ3n) is 2.68. The molecule has 0 saturated carbocycles. The molecule has 1 aromatic heterocycles. The summed E-state index contributed by atoms with van der Waals surface area (Å²) in [6.07, 6.45) is 2.37. The second-order valence-corrected chi connectivity index (χ2v) is 5.16. The molecule has 1 N–H and O–H groups in total. The van der Waals surface area contributed by atoms with Gasteiger partial charge in [-0.2, -0.15) is 0 Å². The average Bonchev–Trinajstić information content (AvgIpc) is 2.34. The first-order chi connectivity index (χ1) is 8.50. The van der Waals surface area contributed by atoms with Gasteiger partial charge in [-0.15, -0.1) is 0 Å². The van der Waals surface area contributed by atoms with Crippen LogP contribution in [0.4, 0.5) is 5.82 Å². The molecule has 0 spiro atoms. The van der Waals surface area contributed by atoms with Crippen molar-refractivity contribution in [3.05, 3.63) is 11.5 Å². The Morgan fingerprint density at radius 1 is 1.33 bits per heavy atom. The zero-order valence-corrected chi connectivity index (χ0v) is 12.0. The van der Waals surface area contributed by atoms with E-state index in [0.717, 1.165) is 19.6 Å². The van der Waals surface area contributed by atoms with E-state index in [2.05, 4.69) is 29.1 Å². The van der Waals surface area contributed by atoms with Gasteiger partial charge >= 0.3 is 0 Å². The molecule has 0 radical (unpaired) electrons. The van der Waals surface area contributed by atoms with Crippen LogP contribution in [0.3, 0.4) is 0 Å². The van der Waals surface area contributed by atoms with E-state index in [1.165, 1.54) is 6.33 Å². The highest BCUT2D eigenvalue weighted by molar-refractivity contribution is 6.31. The SMILES string of the molecule is COCCC(C)(C)CNc1ncnc(Cl)c1OC. The van der Waals surface area contributed by atoms with Gasteiger partial charge in [-0.1, -0.05) is 25.4 Å². The molecule has 6 heteroatoms. The van der Waals surface area contributed by atoms with Gasteiger partial charge in [0.2, 0.25) is 0 Å². The molecule has 102 valence electrons. The van der Waals surface area contributed by atoms with Crippen LogP contribution in [0.5, 0.6) is 5.75 Å². The number of hydrogen-bond acceptors (Lipinski definition) is 5.